The molecule has 9 heteroatoms. The van der Waals surface area contributed by atoms with Gasteiger partial charge < -0.3 is 25.3 Å². The lowest BCUT2D eigenvalue weighted by Gasteiger charge is -2.18. The van der Waals surface area contributed by atoms with Gasteiger partial charge in [-0.15, -0.1) is 10.2 Å². The van der Waals surface area contributed by atoms with Crippen LogP contribution in [0.25, 0.3) is 0 Å². The van der Waals surface area contributed by atoms with E-state index in [0.29, 0.717) is 23.7 Å². The summed E-state index contributed by atoms with van der Waals surface area (Å²) < 4.78 is 7.45. The Morgan fingerprint density at radius 1 is 1.27 bits per heavy atom. The molecular formula is C17H20N6O3. The number of nitrogens with one attached hydrogen (secondary N) is 3. The zero-order valence-electron chi connectivity index (χ0n) is 14.2. The van der Waals surface area contributed by atoms with E-state index in [1.807, 2.05) is 0 Å². The fourth-order valence-corrected chi connectivity index (χ4v) is 3.16. The fraction of sp³-hybridized carbons (Fsp3) is 0.412. The maximum absolute atomic E-state index is 12.2. The molecule has 0 atom stereocenters. The van der Waals surface area contributed by atoms with Gasteiger partial charge >= 0.3 is 6.03 Å². The van der Waals surface area contributed by atoms with Gasteiger partial charge in [-0.2, -0.15) is 0 Å². The zero-order chi connectivity index (χ0) is 17.9. The Kier molecular flexibility index (Phi) is 4.42. The second-order valence-corrected chi connectivity index (χ2v) is 6.35. The first-order valence-electron chi connectivity index (χ1n) is 8.71. The van der Waals surface area contributed by atoms with E-state index in [0.717, 1.165) is 37.5 Å². The van der Waals surface area contributed by atoms with E-state index in [1.165, 1.54) is 6.42 Å². The molecule has 3 amide bonds. The highest BCUT2D eigenvalue weighted by atomic mass is 16.5. The highest BCUT2D eigenvalue weighted by molar-refractivity contribution is 5.96. The van der Waals surface area contributed by atoms with Crippen LogP contribution < -0.4 is 20.7 Å². The molecule has 1 aromatic carbocycles. The largest absolute Gasteiger partial charge is 0.482 e. The molecule has 136 valence electrons. The maximum Gasteiger partial charge on any atom is 0.319 e. The lowest BCUT2D eigenvalue weighted by atomic mass is 10.2. The van der Waals surface area contributed by atoms with Crippen molar-refractivity contribution >= 4 is 23.3 Å². The minimum Gasteiger partial charge on any atom is -0.482 e. The predicted octanol–water partition coefficient (Wildman–Crippen LogP) is 1.66. The summed E-state index contributed by atoms with van der Waals surface area (Å²) in [4.78, 5) is 23.5. The summed E-state index contributed by atoms with van der Waals surface area (Å²) in [7, 11) is 0. The van der Waals surface area contributed by atoms with Crippen molar-refractivity contribution in [1.29, 1.82) is 0 Å². The van der Waals surface area contributed by atoms with Crippen molar-refractivity contribution in [2.75, 3.05) is 17.2 Å². The third-order valence-electron chi connectivity index (χ3n) is 4.47. The summed E-state index contributed by atoms with van der Waals surface area (Å²) in [5.41, 5.74) is 1.18. The number of nitrogens with zero attached hydrogens (tertiary/aromatic N) is 3. The maximum atomic E-state index is 12.2. The number of rotatable bonds is 3. The van der Waals surface area contributed by atoms with Crippen LogP contribution in [0.1, 0.15) is 30.9 Å². The smallest absolute Gasteiger partial charge is 0.319 e. The molecule has 0 saturated carbocycles. The summed E-state index contributed by atoms with van der Waals surface area (Å²) in [5.74, 6) is 2.11. The van der Waals surface area contributed by atoms with Gasteiger partial charge in [0.25, 0.3) is 5.91 Å². The highest BCUT2D eigenvalue weighted by Crippen LogP contribution is 2.30. The number of amides is 3. The number of hydrogen-bond donors (Lipinski definition) is 3. The average molecular weight is 356 g/mol. The van der Waals surface area contributed by atoms with E-state index in [1.54, 1.807) is 18.2 Å². The Balaban J connectivity index is 1.36. The molecule has 0 unspecified atom stereocenters. The normalized spacial score (nSPS) is 15.8. The second-order valence-electron chi connectivity index (χ2n) is 6.35. The van der Waals surface area contributed by atoms with Crippen molar-refractivity contribution < 1.29 is 14.3 Å². The molecule has 0 bridgehead atoms. The number of carbonyl (C=O) groups is 2. The molecule has 9 nitrogen and oxygen atoms in total. The molecular weight excluding hydrogens is 336 g/mol. The average Bonchev–Trinajstić information content (AvgIpc) is 2.86. The Bertz CT molecular complexity index is 847. The quantitative estimate of drug-likeness (QED) is 0.775. The molecule has 0 radical (unpaired) electrons. The van der Waals surface area contributed by atoms with Crippen molar-refractivity contribution in [3.05, 3.63) is 29.8 Å². The Morgan fingerprint density at radius 2 is 2.19 bits per heavy atom. The van der Waals surface area contributed by atoms with Crippen molar-refractivity contribution in [3.63, 3.8) is 0 Å². The van der Waals surface area contributed by atoms with Crippen LogP contribution in [0.15, 0.2) is 18.2 Å². The molecule has 4 rings (SSSR count). The number of fused-ring (bicyclic) bond motifs is 2. The molecule has 2 aromatic rings. The predicted molar refractivity (Wildman–Crippen MR) is 94.0 cm³/mol. The van der Waals surface area contributed by atoms with Crippen molar-refractivity contribution in [1.82, 2.24) is 20.1 Å². The second kappa shape index (κ2) is 7.03. The van der Waals surface area contributed by atoms with Crippen LogP contribution in [-0.4, -0.2) is 33.3 Å². The molecule has 0 aliphatic carbocycles. The zero-order valence-corrected chi connectivity index (χ0v) is 14.2. The summed E-state index contributed by atoms with van der Waals surface area (Å²) >= 11 is 0. The third kappa shape index (κ3) is 3.46. The minimum absolute atomic E-state index is 0.0271. The van der Waals surface area contributed by atoms with Crippen LogP contribution in [0.5, 0.6) is 5.75 Å². The summed E-state index contributed by atoms with van der Waals surface area (Å²) in [6.45, 7) is 1.19. The molecule has 1 aromatic heterocycles. The third-order valence-corrected chi connectivity index (χ3v) is 4.47. The molecule has 3 N–H and O–H groups in total. The molecule has 0 saturated heterocycles. The van der Waals surface area contributed by atoms with E-state index in [2.05, 4.69) is 30.7 Å². The number of anilines is 2. The van der Waals surface area contributed by atoms with E-state index in [-0.39, 0.29) is 18.5 Å². The number of aromatic nitrogens is 3. The Labute approximate surface area is 150 Å². The van der Waals surface area contributed by atoms with E-state index in [9.17, 15) is 9.59 Å². The van der Waals surface area contributed by atoms with Crippen LogP contribution in [0.2, 0.25) is 0 Å². The Morgan fingerprint density at radius 3 is 3.12 bits per heavy atom. The molecule has 2 aliphatic heterocycles. The lowest BCUT2D eigenvalue weighted by molar-refractivity contribution is -0.118. The van der Waals surface area contributed by atoms with Crippen molar-refractivity contribution in [2.24, 2.45) is 0 Å². The van der Waals surface area contributed by atoms with E-state index >= 15 is 0 Å². The lowest BCUT2D eigenvalue weighted by Crippen LogP contribution is -2.30. The first kappa shape index (κ1) is 16.4. The molecule has 3 heterocycles. The summed E-state index contributed by atoms with van der Waals surface area (Å²) in [5, 5.41) is 16.7. The number of carbonyl (C=O) groups excluding carboxylic acids is 2. The van der Waals surface area contributed by atoms with Gasteiger partial charge in [0.1, 0.15) is 11.6 Å². The SMILES string of the molecule is O=C1COc2cc(NC(=O)NCc3nnc4n3CCCCC4)ccc2N1. The Hall–Kier alpha value is -3.10. The van der Waals surface area contributed by atoms with Crippen molar-refractivity contribution in [2.45, 2.75) is 38.8 Å². The number of benzene rings is 1. The minimum atomic E-state index is -0.337. The van der Waals surface area contributed by atoms with Gasteiger partial charge in [0.2, 0.25) is 0 Å². The molecule has 26 heavy (non-hydrogen) atoms. The van der Waals surface area contributed by atoms with Crippen LogP contribution in [0.3, 0.4) is 0 Å². The number of urea groups is 1. The van der Waals surface area contributed by atoms with Gasteiger partial charge in [-0.05, 0) is 25.0 Å². The molecule has 0 spiro atoms. The van der Waals surface area contributed by atoms with Gasteiger partial charge in [0.15, 0.2) is 12.4 Å². The highest BCUT2D eigenvalue weighted by Gasteiger charge is 2.17. The van der Waals surface area contributed by atoms with Gasteiger partial charge in [-0.25, -0.2) is 4.79 Å². The van der Waals surface area contributed by atoms with E-state index < -0.39 is 0 Å². The topological polar surface area (TPSA) is 110 Å². The van der Waals surface area contributed by atoms with Crippen LogP contribution in [-0.2, 0) is 24.3 Å². The van der Waals surface area contributed by atoms with E-state index in [4.69, 9.17) is 4.74 Å². The number of ether oxygens (including phenoxy) is 1. The standard InChI is InChI=1S/C17H20N6O3/c24-16-10-26-13-8-11(5-6-12(13)20-16)19-17(25)18-9-15-22-21-14-4-2-1-3-7-23(14)15/h5-6,8H,1-4,7,9-10H2,(H,20,24)(H2,18,19,25). The first-order valence-corrected chi connectivity index (χ1v) is 8.71. The summed E-state index contributed by atoms with van der Waals surface area (Å²) in [6.07, 6.45) is 4.37. The van der Waals surface area contributed by atoms with Gasteiger partial charge in [-0.3, -0.25) is 4.79 Å². The van der Waals surface area contributed by atoms with Gasteiger partial charge in [-0.1, -0.05) is 6.42 Å². The van der Waals surface area contributed by atoms with Gasteiger partial charge in [0.05, 0.1) is 12.2 Å². The van der Waals surface area contributed by atoms with Crippen LogP contribution in [0, 0.1) is 0 Å². The number of aryl methyl sites for hydroxylation is 1. The fourth-order valence-electron chi connectivity index (χ4n) is 3.16. The monoisotopic (exact) mass is 356 g/mol. The van der Waals surface area contributed by atoms with Crippen LogP contribution >= 0.6 is 0 Å². The molecule has 2 aliphatic rings. The molecule has 0 fully saturated rings. The van der Waals surface area contributed by atoms with Crippen molar-refractivity contribution in [3.8, 4) is 5.75 Å². The number of hydrogen-bond acceptors (Lipinski definition) is 5. The first-order chi connectivity index (χ1) is 12.7. The summed E-state index contributed by atoms with van der Waals surface area (Å²) in [6, 6.07) is 4.74. The van der Waals surface area contributed by atoms with Crippen LogP contribution in [0.4, 0.5) is 16.2 Å². The van der Waals surface area contributed by atoms with Gasteiger partial charge in [0, 0.05) is 24.7 Å².